The highest BCUT2D eigenvalue weighted by molar-refractivity contribution is 7.12. The minimum atomic E-state index is 0.305. The van der Waals surface area contributed by atoms with E-state index < -0.39 is 0 Å². The van der Waals surface area contributed by atoms with Gasteiger partial charge in [0, 0.05) is 55.8 Å². The standard InChI is InChI=1S/C22H38N4O3S/c1-3-23-22(24-9-4-12-29-19-7-13-27-14-8-19)25-17-20(21-6-5-18(2)30-21)26-10-15-28-16-11-26/h5-6,19-20H,3-4,7-17H2,1-2H3,(H2,23,24,25). The van der Waals surface area contributed by atoms with Gasteiger partial charge >= 0.3 is 0 Å². The maximum atomic E-state index is 5.97. The molecule has 7 nitrogen and oxygen atoms in total. The summed E-state index contributed by atoms with van der Waals surface area (Å²) in [5, 5.41) is 6.85. The molecule has 1 atom stereocenters. The summed E-state index contributed by atoms with van der Waals surface area (Å²) in [5.41, 5.74) is 0. The van der Waals surface area contributed by atoms with Crippen molar-refractivity contribution in [3.8, 4) is 0 Å². The number of rotatable bonds is 10. The number of hydrogen-bond donors (Lipinski definition) is 2. The monoisotopic (exact) mass is 438 g/mol. The van der Waals surface area contributed by atoms with Crippen molar-refractivity contribution < 1.29 is 14.2 Å². The molecule has 1 unspecified atom stereocenters. The molecule has 30 heavy (non-hydrogen) atoms. The molecule has 0 spiro atoms. The van der Waals surface area contributed by atoms with Gasteiger partial charge < -0.3 is 24.8 Å². The Kier molecular flexibility index (Phi) is 10.4. The Morgan fingerprint density at radius 1 is 1.20 bits per heavy atom. The Morgan fingerprint density at radius 3 is 2.67 bits per heavy atom. The maximum Gasteiger partial charge on any atom is 0.191 e. The van der Waals surface area contributed by atoms with Crippen molar-refractivity contribution in [2.45, 2.75) is 45.3 Å². The van der Waals surface area contributed by atoms with Crippen LogP contribution in [-0.4, -0.2) is 82.7 Å². The zero-order chi connectivity index (χ0) is 21.0. The SMILES string of the molecule is CCNC(=NCC(c1ccc(C)s1)N1CCOCC1)NCCCOC1CCOCC1. The first-order valence-corrected chi connectivity index (χ1v) is 12.2. The first-order valence-electron chi connectivity index (χ1n) is 11.4. The molecule has 1 aromatic heterocycles. The molecule has 2 saturated heterocycles. The summed E-state index contributed by atoms with van der Waals surface area (Å²) in [4.78, 5) is 10.2. The Balaban J connectivity index is 1.48. The third-order valence-electron chi connectivity index (χ3n) is 5.48. The molecule has 3 rings (SSSR count). The van der Waals surface area contributed by atoms with Crippen molar-refractivity contribution in [3.05, 3.63) is 21.9 Å². The van der Waals surface area contributed by atoms with Crippen molar-refractivity contribution in [2.24, 2.45) is 4.99 Å². The van der Waals surface area contributed by atoms with E-state index in [2.05, 4.69) is 41.5 Å². The van der Waals surface area contributed by atoms with Crippen LogP contribution in [0.1, 0.15) is 42.0 Å². The minimum absolute atomic E-state index is 0.305. The summed E-state index contributed by atoms with van der Waals surface area (Å²) in [5.74, 6) is 0.884. The Bertz CT molecular complexity index is 628. The van der Waals surface area contributed by atoms with Gasteiger partial charge in [-0.1, -0.05) is 0 Å². The van der Waals surface area contributed by atoms with Gasteiger partial charge in [-0.25, -0.2) is 0 Å². The average molecular weight is 439 g/mol. The largest absolute Gasteiger partial charge is 0.381 e. The molecule has 0 aliphatic carbocycles. The van der Waals surface area contributed by atoms with Gasteiger partial charge in [-0.15, -0.1) is 11.3 Å². The van der Waals surface area contributed by atoms with E-state index in [0.717, 1.165) is 91.0 Å². The average Bonchev–Trinajstić information content (AvgIpc) is 3.21. The van der Waals surface area contributed by atoms with Crippen molar-refractivity contribution in [1.82, 2.24) is 15.5 Å². The number of aliphatic imine (C=N–C) groups is 1. The van der Waals surface area contributed by atoms with Crippen LogP contribution in [0.4, 0.5) is 0 Å². The first-order chi connectivity index (χ1) is 14.8. The number of aryl methyl sites for hydroxylation is 1. The summed E-state index contributed by atoms with van der Waals surface area (Å²) < 4.78 is 16.9. The van der Waals surface area contributed by atoms with Crippen molar-refractivity contribution >= 4 is 17.3 Å². The van der Waals surface area contributed by atoms with Gasteiger partial charge in [-0.2, -0.15) is 0 Å². The van der Waals surface area contributed by atoms with E-state index in [0.29, 0.717) is 12.1 Å². The summed E-state index contributed by atoms with van der Waals surface area (Å²) >= 11 is 1.87. The summed E-state index contributed by atoms with van der Waals surface area (Å²) in [6, 6.07) is 4.77. The van der Waals surface area contributed by atoms with Gasteiger partial charge in [0.1, 0.15) is 0 Å². The van der Waals surface area contributed by atoms with Crippen molar-refractivity contribution in [3.63, 3.8) is 0 Å². The molecular formula is C22H38N4O3S. The number of hydrogen-bond acceptors (Lipinski definition) is 6. The van der Waals surface area contributed by atoms with Gasteiger partial charge in [-0.05, 0) is 45.2 Å². The highest BCUT2D eigenvalue weighted by atomic mass is 32.1. The topological polar surface area (TPSA) is 67.4 Å². The molecule has 0 bridgehead atoms. The minimum Gasteiger partial charge on any atom is -0.381 e. The lowest BCUT2D eigenvalue weighted by atomic mass is 10.1. The molecule has 0 aromatic carbocycles. The molecule has 2 aliphatic heterocycles. The molecule has 2 N–H and O–H groups in total. The van der Waals surface area contributed by atoms with Crippen LogP contribution in [0.3, 0.4) is 0 Å². The van der Waals surface area contributed by atoms with Gasteiger partial charge in [0.15, 0.2) is 5.96 Å². The molecule has 0 saturated carbocycles. The van der Waals surface area contributed by atoms with Gasteiger partial charge in [0.2, 0.25) is 0 Å². The molecule has 0 radical (unpaired) electrons. The second kappa shape index (κ2) is 13.3. The number of ether oxygens (including phenoxy) is 3. The van der Waals surface area contributed by atoms with E-state index in [-0.39, 0.29) is 0 Å². The zero-order valence-corrected chi connectivity index (χ0v) is 19.3. The van der Waals surface area contributed by atoms with Crippen LogP contribution in [0.5, 0.6) is 0 Å². The fourth-order valence-electron chi connectivity index (χ4n) is 3.80. The highest BCUT2D eigenvalue weighted by Crippen LogP contribution is 2.28. The molecule has 1 aromatic rings. The molecule has 2 aliphatic rings. The van der Waals surface area contributed by atoms with Crippen LogP contribution in [0, 0.1) is 6.92 Å². The third kappa shape index (κ3) is 7.81. The van der Waals surface area contributed by atoms with Crippen LogP contribution >= 0.6 is 11.3 Å². The normalized spacial score (nSPS) is 20.3. The second-order valence-corrected chi connectivity index (χ2v) is 9.11. The van der Waals surface area contributed by atoms with E-state index in [9.17, 15) is 0 Å². The number of morpholine rings is 1. The molecule has 2 fully saturated rings. The molecule has 170 valence electrons. The van der Waals surface area contributed by atoms with E-state index in [4.69, 9.17) is 19.2 Å². The van der Waals surface area contributed by atoms with Gasteiger partial charge in [0.05, 0.1) is 31.9 Å². The summed E-state index contributed by atoms with van der Waals surface area (Å²) in [6.45, 7) is 12.7. The Morgan fingerprint density at radius 2 is 1.97 bits per heavy atom. The van der Waals surface area contributed by atoms with Crippen LogP contribution in [0.25, 0.3) is 0 Å². The lowest BCUT2D eigenvalue weighted by Gasteiger charge is -2.33. The quantitative estimate of drug-likeness (QED) is 0.333. The fraction of sp³-hybridized carbons (Fsp3) is 0.773. The molecule has 0 amide bonds. The van der Waals surface area contributed by atoms with Crippen LogP contribution in [0.15, 0.2) is 17.1 Å². The molecule has 3 heterocycles. The molecule has 8 heteroatoms. The Labute approximate surface area is 185 Å². The van der Waals surface area contributed by atoms with Crippen molar-refractivity contribution in [2.75, 3.05) is 65.8 Å². The number of nitrogens with zero attached hydrogens (tertiary/aromatic N) is 2. The van der Waals surface area contributed by atoms with Crippen LogP contribution in [-0.2, 0) is 14.2 Å². The second-order valence-electron chi connectivity index (χ2n) is 7.80. The van der Waals surface area contributed by atoms with E-state index in [1.54, 1.807) is 0 Å². The predicted molar refractivity (Wildman–Crippen MR) is 123 cm³/mol. The first kappa shape index (κ1) is 23.5. The summed E-state index contributed by atoms with van der Waals surface area (Å²) in [7, 11) is 0. The van der Waals surface area contributed by atoms with E-state index in [1.165, 1.54) is 9.75 Å². The number of guanidine groups is 1. The Hall–Kier alpha value is -1.19. The maximum absolute atomic E-state index is 5.97. The number of thiophene rings is 1. The van der Waals surface area contributed by atoms with Crippen LogP contribution < -0.4 is 10.6 Å². The lowest BCUT2D eigenvalue weighted by Crippen LogP contribution is -2.42. The number of nitrogens with one attached hydrogen (secondary N) is 2. The van der Waals surface area contributed by atoms with E-state index in [1.807, 2.05) is 11.3 Å². The van der Waals surface area contributed by atoms with Gasteiger partial charge in [0.25, 0.3) is 0 Å². The van der Waals surface area contributed by atoms with E-state index >= 15 is 0 Å². The summed E-state index contributed by atoms with van der Waals surface area (Å²) in [6.07, 6.45) is 3.37. The predicted octanol–water partition coefficient (Wildman–Crippen LogP) is 2.57. The lowest BCUT2D eigenvalue weighted by molar-refractivity contribution is -0.0320. The van der Waals surface area contributed by atoms with Crippen molar-refractivity contribution in [1.29, 1.82) is 0 Å². The smallest absolute Gasteiger partial charge is 0.191 e. The zero-order valence-electron chi connectivity index (χ0n) is 18.5. The third-order valence-corrected chi connectivity index (χ3v) is 6.58. The van der Waals surface area contributed by atoms with Gasteiger partial charge in [-0.3, -0.25) is 9.89 Å². The highest BCUT2D eigenvalue weighted by Gasteiger charge is 2.23. The fourth-order valence-corrected chi connectivity index (χ4v) is 4.80. The molecular weight excluding hydrogens is 400 g/mol. The van der Waals surface area contributed by atoms with Crippen LogP contribution in [0.2, 0.25) is 0 Å².